The second-order valence-electron chi connectivity index (χ2n) is 3.90. The van der Waals surface area contributed by atoms with Gasteiger partial charge in [0.05, 0.1) is 24.9 Å². The Morgan fingerprint density at radius 1 is 1.53 bits per heavy atom. The van der Waals surface area contributed by atoms with Crippen LogP contribution in [0.5, 0.6) is 0 Å². The van der Waals surface area contributed by atoms with Gasteiger partial charge < -0.3 is 9.84 Å². The van der Waals surface area contributed by atoms with Crippen molar-refractivity contribution >= 4 is 27.8 Å². The van der Waals surface area contributed by atoms with Gasteiger partial charge >= 0.3 is 5.97 Å². The number of hydrogen-bond acceptors (Lipinski definition) is 6. The summed E-state index contributed by atoms with van der Waals surface area (Å²) in [4.78, 5) is 10.8. The van der Waals surface area contributed by atoms with E-state index in [-0.39, 0.29) is 18.7 Å². The van der Waals surface area contributed by atoms with Crippen molar-refractivity contribution in [3.8, 4) is 0 Å². The van der Waals surface area contributed by atoms with Gasteiger partial charge in [-0.3, -0.25) is 4.79 Å². The minimum absolute atomic E-state index is 0.0721. The lowest BCUT2D eigenvalue weighted by Crippen LogP contribution is -2.43. The van der Waals surface area contributed by atoms with Gasteiger partial charge in [0, 0.05) is 12.3 Å². The highest BCUT2D eigenvalue weighted by atomic mass is 32.2. The van der Waals surface area contributed by atoms with E-state index in [9.17, 15) is 18.3 Å². The Balaban J connectivity index is 4.14. The fourth-order valence-corrected chi connectivity index (χ4v) is 2.85. The van der Waals surface area contributed by atoms with E-state index >= 15 is 0 Å². The molecule has 0 aliphatic carbocycles. The van der Waals surface area contributed by atoms with Crippen LogP contribution in [0.25, 0.3) is 0 Å². The Labute approximate surface area is 106 Å². The van der Waals surface area contributed by atoms with Crippen LogP contribution >= 0.6 is 11.8 Å². The molecule has 0 saturated carbocycles. The Morgan fingerprint density at radius 2 is 2.12 bits per heavy atom. The molecule has 0 rings (SSSR count). The molecule has 0 aromatic carbocycles. The first-order chi connectivity index (χ1) is 7.72. The van der Waals surface area contributed by atoms with Crippen molar-refractivity contribution in [2.75, 3.05) is 31.4 Å². The lowest BCUT2D eigenvalue weighted by molar-refractivity contribution is -0.140. The van der Waals surface area contributed by atoms with Gasteiger partial charge in [-0.15, -0.1) is 0 Å². The SMILES string of the molecule is COC(=O)CCS(=O)(=O)NCC(C)(O)CSC. The number of nitrogens with one attached hydrogen (secondary N) is 1. The van der Waals surface area contributed by atoms with Gasteiger partial charge in [-0.25, -0.2) is 13.1 Å². The number of carbonyl (C=O) groups excluding carboxylic acids is 1. The quantitative estimate of drug-likeness (QED) is 0.589. The molecule has 0 bridgehead atoms. The number of ether oxygens (including phenoxy) is 1. The van der Waals surface area contributed by atoms with Crippen LogP contribution < -0.4 is 4.72 Å². The fraction of sp³-hybridized carbons (Fsp3) is 0.889. The number of thioether (sulfide) groups is 1. The summed E-state index contributed by atoms with van der Waals surface area (Å²) in [6.07, 6.45) is 1.62. The van der Waals surface area contributed by atoms with Gasteiger partial charge in [-0.2, -0.15) is 11.8 Å². The summed E-state index contributed by atoms with van der Waals surface area (Å²) >= 11 is 1.42. The molecule has 0 heterocycles. The van der Waals surface area contributed by atoms with E-state index in [1.807, 2.05) is 6.26 Å². The molecule has 17 heavy (non-hydrogen) atoms. The van der Waals surface area contributed by atoms with Gasteiger partial charge in [0.2, 0.25) is 10.0 Å². The highest BCUT2D eigenvalue weighted by Crippen LogP contribution is 2.09. The number of sulfonamides is 1. The third-order valence-corrected chi connectivity index (χ3v) is 4.17. The molecule has 0 saturated heterocycles. The second-order valence-corrected chi connectivity index (χ2v) is 6.69. The summed E-state index contributed by atoms with van der Waals surface area (Å²) in [5.74, 6) is -0.493. The second kappa shape index (κ2) is 7.20. The maximum atomic E-state index is 11.5. The van der Waals surface area contributed by atoms with Crippen molar-refractivity contribution in [1.29, 1.82) is 0 Å². The van der Waals surface area contributed by atoms with E-state index in [1.54, 1.807) is 6.92 Å². The number of aliphatic hydroxyl groups is 1. The van der Waals surface area contributed by atoms with Crippen LogP contribution in [0.1, 0.15) is 13.3 Å². The van der Waals surface area contributed by atoms with E-state index in [1.165, 1.54) is 18.9 Å². The first kappa shape index (κ1) is 16.7. The summed E-state index contributed by atoms with van der Waals surface area (Å²) in [6.45, 7) is 1.48. The van der Waals surface area contributed by atoms with Crippen molar-refractivity contribution in [1.82, 2.24) is 4.72 Å². The first-order valence-corrected chi connectivity index (χ1v) is 8.02. The molecule has 0 aliphatic heterocycles. The third kappa shape index (κ3) is 8.42. The van der Waals surface area contributed by atoms with Gasteiger partial charge in [0.25, 0.3) is 0 Å². The Kier molecular flexibility index (Phi) is 7.07. The number of rotatable bonds is 8. The Bertz CT molecular complexity index is 339. The normalized spacial score (nSPS) is 15.3. The molecule has 2 N–H and O–H groups in total. The summed E-state index contributed by atoms with van der Waals surface area (Å²) in [5.41, 5.74) is -1.10. The zero-order valence-corrected chi connectivity index (χ0v) is 11.9. The van der Waals surface area contributed by atoms with Gasteiger partial charge in [-0.05, 0) is 13.2 Å². The van der Waals surface area contributed by atoms with Crippen molar-refractivity contribution in [2.24, 2.45) is 0 Å². The molecule has 0 spiro atoms. The molecule has 0 amide bonds. The van der Waals surface area contributed by atoms with Crippen molar-refractivity contribution in [3.05, 3.63) is 0 Å². The average molecular weight is 285 g/mol. The molecule has 8 heteroatoms. The molecule has 0 aromatic heterocycles. The Hall–Kier alpha value is -0.310. The lowest BCUT2D eigenvalue weighted by atomic mass is 10.1. The maximum absolute atomic E-state index is 11.5. The summed E-state index contributed by atoms with van der Waals surface area (Å²) in [5, 5.41) is 9.76. The van der Waals surface area contributed by atoms with Crippen LogP contribution in [-0.2, 0) is 19.6 Å². The van der Waals surface area contributed by atoms with E-state index < -0.39 is 21.6 Å². The van der Waals surface area contributed by atoms with Crippen LogP contribution in [-0.4, -0.2) is 56.5 Å². The fourth-order valence-electron chi connectivity index (χ4n) is 1.02. The maximum Gasteiger partial charge on any atom is 0.306 e. The molecule has 0 aromatic rings. The van der Waals surface area contributed by atoms with Gasteiger partial charge in [-0.1, -0.05) is 0 Å². The number of esters is 1. The first-order valence-electron chi connectivity index (χ1n) is 4.98. The Morgan fingerprint density at radius 3 is 2.59 bits per heavy atom. The highest BCUT2D eigenvalue weighted by Gasteiger charge is 2.23. The molecule has 6 nitrogen and oxygen atoms in total. The van der Waals surface area contributed by atoms with E-state index in [0.717, 1.165) is 0 Å². The summed E-state index contributed by atoms with van der Waals surface area (Å²) < 4.78 is 29.5. The smallest absolute Gasteiger partial charge is 0.306 e. The number of methoxy groups -OCH3 is 1. The topological polar surface area (TPSA) is 92.7 Å². The van der Waals surface area contributed by atoms with Gasteiger partial charge in [0.15, 0.2) is 0 Å². The van der Waals surface area contributed by atoms with Crippen molar-refractivity contribution in [3.63, 3.8) is 0 Å². The zero-order chi connectivity index (χ0) is 13.5. The van der Waals surface area contributed by atoms with Crippen LogP contribution in [0.3, 0.4) is 0 Å². The molecular formula is C9H19NO5S2. The lowest BCUT2D eigenvalue weighted by Gasteiger charge is -2.22. The highest BCUT2D eigenvalue weighted by molar-refractivity contribution is 7.98. The molecule has 0 aliphatic rings. The van der Waals surface area contributed by atoms with E-state index in [4.69, 9.17) is 0 Å². The molecule has 1 unspecified atom stereocenters. The van der Waals surface area contributed by atoms with Crippen LogP contribution in [0.2, 0.25) is 0 Å². The molecule has 102 valence electrons. The van der Waals surface area contributed by atoms with E-state index in [2.05, 4.69) is 9.46 Å². The minimum atomic E-state index is -3.56. The standard InChI is InChI=1S/C9H19NO5S2/c1-9(12,7-16-3)6-10-17(13,14)5-4-8(11)15-2/h10,12H,4-7H2,1-3H3. The van der Waals surface area contributed by atoms with Crippen molar-refractivity contribution < 1.29 is 23.1 Å². The molecule has 0 fully saturated rings. The van der Waals surface area contributed by atoms with Crippen LogP contribution in [0.15, 0.2) is 0 Å². The predicted octanol–water partition coefficient (Wildman–Crippen LogP) is -0.417. The number of hydrogen-bond donors (Lipinski definition) is 2. The predicted molar refractivity (Wildman–Crippen MR) is 67.4 cm³/mol. The average Bonchev–Trinajstić information content (AvgIpc) is 2.24. The number of carbonyl (C=O) groups is 1. The largest absolute Gasteiger partial charge is 0.469 e. The van der Waals surface area contributed by atoms with Crippen molar-refractivity contribution in [2.45, 2.75) is 18.9 Å². The summed E-state index contributed by atoms with van der Waals surface area (Å²) in [6, 6.07) is 0. The van der Waals surface area contributed by atoms with Crippen LogP contribution in [0.4, 0.5) is 0 Å². The minimum Gasteiger partial charge on any atom is -0.469 e. The summed E-state index contributed by atoms with van der Waals surface area (Å²) in [7, 11) is -2.36. The van der Waals surface area contributed by atoms with Gasteiger partial charge in [0.1, 0.15) is 0 Å². The molecular weight excluding hydrogens is 266 g/mol. The molecule has 1 atom stereocenters. The zero-order valence-electron chi connectivity index (χ0n) is 10.2. The molecule has 0 radical (unpaired) electrons. The van der Waals surface area contributed by atoms with Crippen LogP contribution in [0, 0.1) is 0 Å². The third-order valence-electron chi connectivity index (χ3n) is 1.93. The van der Waals surface area contributed by atoms with E-state index in [0.29, 0.717) is 5.75 Å². The monoisotopic (exact) mass is 285 g/mol.